The molecule has 0 saturated heterocycles. The second-order valence-corrected chi connectivity index (χ2v) is 8.24. The molecule has 3 rings (SSSR count). The van der Waals surface area contributed by atoms with Gasteiger partial charge in [0.25, 0.3) is 0 Å². The highest BCUT2D eigenvalue weighted by Gasteiger charge is 2.42. The molecule has 0 aliphatic carbocycles. The highest BCUT2D eigenvalue weighted by atomic mass is 16.5. The number of esters is 2. The Labute approximate surface area is 211 Å². The summed E-state index contributed by atoms with van der Waals surface area (Å²) < 4.78 is 21.0. The smallest absolute Gasteiger partial charge is 0.336 e. The number of rotatable bonds is 8. The number of carbonyl (C=O) groups is 3. The van der Waals surface area contributed by atoms with Gasteiger partial charge < -0.3 is 18.9 Å². The molecule has 1 aliphatic rings. The highest BCUT2D eigenvalue weighted by Crippen LogP contribution is 2.44. The Morgan fingerprint density at radius 3 is 1.83 bits per heavy atom. The number of nitrogens with zero attached hydrogens (tertiary/aromatic N) is 1. The van der Waals surface area contributed by atoms with Gasteiger partial charge in [0.1, 0.15) is 0 Å². The van der Waals surface area contributed by atoms with Gasteiger partial charge >= 0.3 is 11.9 Å². The molecule has 0 atom stereocenters. The Morgan fingerprint density at radius 2 is 1.33 bits per heavy atom. The summed E-state index contributed by atoms with van der Waals surface area (Å²) in [6.07, 6.45) is 0.694. The Bertz CT molecular complexity index is 1170. The molecule has 8 heteroatoms. The zero-order valence-electron chi connectivity index (χ0n) is 21.4. The van der Waals surface area contributed by atoms with Crippen molar-refractivity contribution in [1.29, 1.82) is 0 Å². The number of benzene rings is 2. The molecule has 0 unspecified atom stereocenters. The number of aryl methyl sites for hydroxylation is 1. The SMILES string of the molecule is COC(=O)C1=C(C)N(C(=O)CCc2ccccc2)C(C)=C(C(=O)OC)C1c1ccc(OC)c(OC)c1. The van der Waals surface area contributed by atoms with Crippen LogP contribution in [0.15, 0.2) is 71.1 Å². The monoisotopic (exact) mass is 493 g/mol. The average Bonchev–Trinajstić information content (AvgIpc) is 2.90. The number of amides is 1. The van der Waals surface area contributed by atoms with E-state index in [-0.39, 0.29) is 23.5 Å². The normalized spacial score (nSPS) is 14.0. The third kappa shape index (κ3) is 5.12. The van der Waals surface area contributed by atoms with E-state index in [0.29, 0.717) is 34.9 Å². The number of hydrogen-bond acceptors (Lipinski definition) is 7. The summed E-state index contributed by atoms with van der Waals surface area (Å²) >= 11 is 0. The summed E-state index contributed by atoms with van der Waals surface area (Å²) in [4.78, 5) is 41.1. The van der Waals surface area contributed by atoms with Crippen molar-refractivity contribution in [2.24, 2.45) is 0 Å². The van der Waals surface area contributed by atoms with Gasteiger partial charge in [-0.3, -0.25) is 9.69 Å². The number of ether oxygens (including phenoxy) is 4. The van der Waals surface area contributed by atoms with Crippen LogP contribution in [-0.4, -0.2) is 51.2 Å². The van der Waals surface area contributed by atoms with Crippen molar-refractivity contribution in [3.8, 4) is 11.5 Å². The number of carbonyl (C=O) groups excluding carboxylic acids is 3. The van der Waals surface area contributed by atoms with Gasteiger partial charge in [0.15, 0.2) is 11.5 Å². The molecule has 0 aromatic heterocycles. The van der Waals surface area contributed by atoms with Gasteiger partial charge in [-0.25, -0.2) is 9.59 Å². The van der Waals surface area contributed by atoms with E-state index in [9.17, 15) is 14.4 Å². The maximum atomic E-state index is 13.4. The minimum atomic E-state index is -0.845. The van der Waals surface area contributed by atoms with Gasteiger partial charge in [-0.15, -0.1) is 0 Å². The van der Waals surface area contributed by atoms with E-state index in [1.165, 1.54) is 33.3 Å². The van der Waals surface area contributed by atoms with Crippen LogP contribution in [0.3, 0.4) is 0 Å². The van der Waals surface area contributed by atoms with Crippen LogP contribution < -0.4 is 9.47 Å². The van der Waals surface area contributed by atoms with Crippen LogP contribution in [0, 0.1) is 0 Å². The fraction of sp³-hybridized carbons (Fsp3) is 0.321. The molecular weight excluding hydrogens is 462 g/mol. The summed E-state index contributed by atoms with van der Waals surface area (Å²) in [6.45, 7) is 3.36. The number of allylic oxidation sites excluding steroid dienone is 2. The molecule has 0 radical (unpaired) electrons. The first-order chi connectivity index (χ1) is 17.3. The second kappa shape index (κ2) is 11.6. The van der Waals surface area contributed by atoms with Crippen molar-refractivity contribution in [2.45, 2.75) is 32.6 Å². The molecule has 1 heterocycles. The molecule has 0 spiro atoms. The van der Waals surface area contributed by atoms with E-state index in [1.807, 2.05) is 30.3 Å². The first-order valence-corrected chi connectivity index (χ1v) is 11.5. The molecule has 2 aromatic carbocycles. The summed E-state index contributed by atoms with van der Waals surface area (Å²) in [5.41, 5.74) is 2.72. The molecule has 1 aliphatic heterocycles. The average molecular weight is 494 g/mol. The van der Waals surface area contributed by atoms with Crippen molar-refractivity contribution in [3.63, 3.8) is 0 Å². The van der Waals surface area contributed by atoms with Crippen molar-refractivity contribution in [3.05, 3.63) is 82.2 Å². The topological polar surface area (TPSA) is 91.4 Å². The van der Waals surface area contributed by atoms with Crippen LogP contribution in [-0.2, 0) is 30.3 Å². The maximum absolute atomic E-state index is 13.4. The highest BCUT2D eigenvalue weighted by molar-refractivity contribution is 6.01. The molecule has 1 amide bonds. The van der Waals surface area contributed by atoms with E-state index < -0.39 is 17.9 Å². The van der Waals surface area contributed by atoms with Gasteiger partial charge in [-0.2, -0.15) is 0 Å². The third-order valence-corrected chi connectivity index (χ3v) is 6.30. The third-order valence-electron chi connectivity index (χ3n) is 6.30. The van der Waals surface area contributed by atoms with Crippen LogP contribution in [0.1, 0.15) is 37.3 Å². The quantitative estimate of drug-likeness (QED) is 0.510. The lowest BCUT2D eigenvalue weighted by Gasteiger charge is -2.36. The van der Waals surface area contributed by atoms with Crippen molar-refractivity contribution in [1.82, 2.24) is 4.90 Å². The van der Waals surface area contributed by atoms with Crippen LogP contribution in [0.4, 0.5) is 0 Å². The molecule has 0 fully saturated rings. The first kappa shape index (κ1) is 26.5. The molecule has 0 N–H and O–H groups in total. The van der Waals surface area contributed by atoms with Gasteiger partial charge in [-0.1, -0.05) is 36.4 Å². The number of methoxy groups -OCH3 is 4. The fourth-order valence-electron chi connectivity index (χ4n) is 4.55. The lowest BCUT2D eigenvalue weighted by molar-refractivity contribution is -0.137. The zero-order chi connectivity index (χ0) is 26.4. The van der Waals surface area contributed by atoms with E-state index in [0.717, 1.165) is 5.56 Å². The Hall–Kier alpha value is -4.07. The van der Waals surface area contributed by atoms with Gasteiger partial charge in [0, 0.05) is 17.8 Å². The van der Waals surface area contributed by atoms with Crippen molar-refractivity contribution < 1.29 is 33.3 Å². The second-order valence-electron chi connectivity index (χ2n) is 8.24. The predicted molar refractivity (Wildman–Crippen MR) is 133 cm³/mol. The molecule has 8 nitrogen and oxygen atoms in total. The summed E-state index contributed by atoms with van der Waals surface area (Å²) in [5.74, 6) is -1.47. The Kier molecular flexibility index (Phi) is 8.53. The fourth-order valence-corrected chi connectivity index (χ4v) is 4.55. The van der Waals surface area contributed by atoms with Gasteiger partial charge in [0.2, 0.25) is 5.91 Å². The summed E-state index contributed by atoms with van der Waals surface area (Å²) in [7, 11) is 5.54. The van der Waals surface area contributed by atoms with Crippen molar-refractivity contribution in [2.75, 3.05) is 28.4 Å². The van der Waals surface area contributed by atoms with Crippen LogP contribution in [0.5, 0.6) is 11.5 Å². The standard InChI is InChI=1S/C28H31NO7/c1-17-24(27(31)35-5)26(20-13-14-21(33-3)22(16-20)34-4)25(28(32)36-6)18(2)29(17)23(30)15-12-19-10-8-7-9-11-19/h7-11,13-14,16,26H,12,15H2,1-6H3. The zero-order valence-corrected chi connectivity index (χ0v) is 21.4. The molecule has 0 saturated carbocycles. The van der Waals surface area contributed by atoms with E-state index in [2.05, 4.69) is 0 Å². The molecule has 0 bridgehead atoms. The van der Waals surface area contributed by atoms with E-state index in [4.69, 9.17) is 18.9 Å². The Morgan fingerprint density at radius 1 is 0.778 bits per heavy atom. The van der Waals surface area contributed by atoms with Crippen LogP contribution >= 0.6 is 0 Å². The lowest BCUT2D eigenvalue weighted by atomic mass is 9.79. The van der Waals surface area contributed by atoms with Crippen LogP contribution in [0.2, 0.25) is 0 Å². The van der Waals surface area contributed by atoms with E-state index >= 15 is 0 Å². The summed E-state index contributed by atoms with van der Waals surface area (Å²) in [6, 6.07) is 14.8. The van der Waals surface area contributed by atoms with Gasteiger partial charge in [-0.05, 0) is 43.5 Å². The molecule has 36 heavy (non-hydrogen) atoms. The maximum Gasteiger partial charge on any atom is 0.336 e. The van der Waals surface area contributed by atoms with Gasteiger partial charge in [0.05, 0.1) is 45.5 Å². The Balaban J connectivity index is 2.16. The largest absolute Gasteiger partial charge is 0.493 e. The lowest BCUT2D eigenvalue weighted by Crippen LogP contribution is -2.38. The minimum absolute atomic E-state index is 0.170. The molecular formula is C28H31NO7. The first-order valence-electron chi connectivity index (χ1n) is 11.5. The minimum Gasteiger partial charge on any atom is -0.493 e. The number of hydrogen-bond donors (Lipinski definition) is 0. The molecule has 190 valence electrons. The van der Waals surface area contributed by atoms with Crippen molar-refractivity contribution >= 4 is 17.8 Å². The predicted octanol–water partition coefficient (Wildman–Crippen LogP) is 4.16. The summed E-state index contributed by atoms with van der Waals surface area (Å²) in [5, 5.41) is 0. The van der Waals surface area contributed by atoms with Crippen LogP contribution in [0.25, 0.3) is 0 Å². The molecule has 2 aromatic rings. The van der Waals surface area contributed by atoms with E-state index in [1.54, 1.807) is 32.0 Å².